The predicted molar refractivity (Wildman–Crippen MR) is 92.6 cm³/mol. The number of aromatic nitrogens is 2. The van der Waals surface area contributed by atoms with E-state index >= 15 is 0 Å². The van der Waals surface area contributed by atoms with Crippen molar-refractivity contribution in [3.8, 4) is 0 Å². The lowest BCUT2D eigenvalue weighted by molar-refractivity contribution is -0.138. The first kappa shape index (κ1) is 16.7. The summed E-state index contributed by atoms with van der Waals surface area (Å²) in [6, 6.07) is 3.66. The average molecular weight is 346 g/mol. The van der Waals surface area contributed by atoms with E-state index in [9.17, 15) is 9.59 Å². The van der Waals surface area contributed by atoms with Gasteiger partial charge in [0.1, 0.15) is 6.04 Å². The van der Waals surface area contributed by atoms with Gasteiger partial charge in [-0.1, -0.05) is 19.9 Å². The number of imidazole rings is 1. The van der Waals surface area contributed by atoms with Gasteiger partial charge in [0.15, 0.2) is 0 Å². The average Bonchev–Trinajstić information content (AvgIpc) is 3.24. The molecule has 0 saturated heterocycles. The van der Waals surface area contributed by atoms with Crippen molar-refractivity contribution in [1.29, 1.82) is 0 Å². The molecule has 0 radical (unpaired) electrons. The van der Waals surface area contributed by atoms with Gasteiger partial charge >= 0.3 is 0 Å². The van der Waals surface area contributed by atoms with Gasteiger partial charge in [0.2, 0.25) is 11.8 Å². The van der Waals surface area contributed by atoms with Gasteiger partial charge in [-0.3, -0.25) is 9.59 Å². The number of hydrogen-bond acceptors (Lipinski definition) is 4. The van der Waals surface area contributed by atoms with Crippen LogP contribution in [0.1, 0.15) is 30.5 Å². The van der Waals surface area contributed by atoms with E-state index in [0.717, 1.165) is 12.1 Å². The molecule has 2 aromatic rings. The molecule has 7 heteroatoms. The van der Waals surface area contributed by atoms with Crippen molar-refractivity contribution in [3.05, 3.63) is 40.6 Å². The second-order valence-corrected chi connectivity index (χ2v) is 7.33. The minimum Gasteiger partial charge on any atom is -0.354 e. The van der Waals surface area contributed by atoms with Gasteiger partial charge in [-0.2, -0.15) is 0 Å². The largest absolute Gasteiger partial charge is 0.354 e. The van der Waals surface area contributed by atoms with Gasteiger partial charge in [0.25, 0.3) is 0 Å². The number of hydrogen-bond donors (Lipinski definition) is 1. The van der Waals surface area contributed by atoms with Crippen LogP contribution in [0, 0.1) is 5.92 Å². The molecule has 24 heavy (non-hydrogen) atoms. The van der Waals surface area contributed by atoms with E-state index in [-0.39, 0.29) is 17.7 Å². The highest BCUT2D eigenvalue weighted by molar-refractivity contribution is 7.09. The zero-order valence-corrected chi connectivity index (χ0v) is 14.8. The third-order valence-corrected chi connectivity index (χ3v) is 5.12. The Morgan fingerprint density at radius 1 is 1.46 bits per heavy atom. The summed E-state index contributed by atoms with van der Waals surface area (Å²) in [4.78, 5) is 32.1. The van der Waals surface area contributed by atoms with Crippen LogP contribution in [0.3, 0.4) is 0 Å². The number of thiophene rings is 1. The molecule has 0 saturated carbocycles. The zero-order chi connectivity index (χ0) is 17.1. The summed E-state index contributed by atoms with van der Waals surface area (Å²) in [6.07, 6.45) is 4.23. The molecule has 3 rings (SSSR count). The molecule has 3 heterocycles. The topological polar surface area (TPSA) is 67.2 Å². The molecule has 2 aromatic heterocycles. The lowest BCUT2D eigenvalue weighted by Crippen LogP contribution is -2.47. The molecular weight excluding hydrogens is 324 g/mol. The molecule has 0 spiro atoms. The highest BCUT2D eigenvalue weighted by Gasteiger charge is 2.32. The van der Waals surface area contributed by atoms with Crippen LogP contribution in [-0.2, 0) is 22.6 Å². The van der Waals surface area contributed by atoms with Gasteiger partial charge in [0.05, 0.1) is 25.1 Å². The maximum absolute atomic E-state index is 12.6. The fourth-order valence-corrected chi connectivity index (χ4v) is 3.62. The van der Waals surface area contributed by atoms with Gasteiger partial charge in [-0.15, -0.1) is 11.3 Å². The quantitative estimate of drug-likeness (QED) is 0.898. The van der Waals surface area contributed by atoms with Crippen LogP contribution in [0.4, 0.5) is 0 Å². The van der Waals surface area contributed by atoms with Crippen molar-refractivity contribution in [2.24, 2.45) is 5.92 Å². The molecule has 2 amide bonds. The van der Waals surface area contributed by atoms with Crippen molar-refractivity contribution < 1.29 is 9.59 Å². The van der Waals surface area contributed by atoms with Crippen LogP contribution in [0.2, 0.25) is 0 Å². The van der Waals surface area contributed by atoms with E-state index in [0.29, 0.717) is 19.6 Å². The van der Waals surface area contributed by atoms with E-state index in [4.69, 9.17) is 0 Å². The molecule has 6 nitrogen and oxygen atoms in total. The van der Waals surface area contributed by atoms with Gasteiger partial charge in [0, 0.05) is 23.5 Å². The van der Waals surface area contributed by atoms with Crippen molar-refractivity contribution in [2.75, 3.05) is 13.1 Å². The normalized spacial score (nSPS) is 17.0. The Kier molecular flexibility index (Phi) is 4.99. The SMILES string of the molecule is CC(C)C(=O)N1Cc2cncn2C(C(=O)NCCc2cccs2)C1. The highest BCUT2D eigenvalue weighted by Crippen LogP contribution is 2.22. The molecule has 1 atom stereocenters. The molecule has 0 bridgehead atoms. The molecule has 128 valence electrons. The number of carbonyl (C=O) groups excluding carboxylic acids is 2. The first-order chi connectivity index (χ1) is 11.6. The Morgan fingerprint density at radius 2 is 2.29 bits per heavy atom. The molecule has 1 aliphatic heterocycles. The molecular formula is C17H22N4O2S. The molecule has 1 unspecified atom stereocenters. The van der Waals surface area contributed by atoms with E-state index < -0.39 is 6.04 Å². The van der Waals surface area contributed by atoms with Gasteiger partial charge in [-0.05, 0) is 17.9 Å². The Balaban J connectivity index is 1.66. The van der Waals surface area contributed by atoms with E-state index in [1.165, 1.54) is 4.88 Å². The number of carbonyl (C=O) groups is 2. The highest BCUT2D eigenvalue weighted by atomic mass is 32.1. The number of nitrogens with one attached hydrogen (secondary N) is 1. The fraction of sp³-hybridized carbons (Fsp3) is 0.471. The number of amides is 2. The van der Waals surface area contributed by atoms with Crippen LogP contribution in [-0.4, -0.2) is 39.4 Å². The van der Waals surface area contributed by atoms with Crippen molar-refractivity contribution in [3.63, 3.8) is 0 Å². The van der Waals surface area contributed by atoms with Crippen LogP contribution < -0.4 is 5.32 Å². The van der Waals surface area contributed by atoms with Crippen LogP contribution >= 0.6 is 11.3 Å². The van der Waals surface area contributed by atoms with Crippen LogP contribution in [0.25, 0.3) is 0 Å². The third kappa shape index (κ3) is 3.51. The summed E-state index contributed by atoms with van der Waals surface area (Å²) in [7, 11) is 0. The van der Waals surface area contributed by atoms with Crippen molar-refractivity contribution in [2.45, 2.75) is 32.9 Å². The summed E-state index contributed by atoms with van der Waals surface area (Å²) < 4.78 is 1.88. The molecule has 0 aliphatic carbocycles. The smallest absolute Gasteiger partial charge is 0.244 e. The number of fused-ring (bicyclic) bond motifs is 1. The summed E-state index contributed by atoms with van der Waals surface area (Å²) in [5.41, 5.74) is 0.897. The minimum atomic E-state index is -0.415. The lowest BCUT2D eigenvalue weighted by Gasteiger charge is -2.34. The third-order valence-electron chi connectivity index (χ3n) is 4.19. The Bertz CT molecular complexity index is 708. The maximum atomic E-state index is 12.6. The molecule has 1 N–H and O–H groups in total. The van der Waals surface area contributed by atoms with E-state index in [2.05, 4.69) is 16.4 Å². The Labute approximate surface area is 145 Å². The summed E-state index contributed by atoms with van der Waals surface area (Å²) in [5.74, 6) is -0.0760. The van der Waals surface area contributed by atoms with Crippen LogP contribution in [0.15, 0.2) is 30.0 Å². The molecule has 0 aromatic carbocycles. The number of rotatable bonds is 5. The summed E-state index contributed by atoms with van der Waals surface area (Å²) in [6.45, 7) is 5.26. The van der Waals surface area contributed by atoms with Crippen molar-refractivity contribution >= 4 is 23.2 Å². The lowest BCUT2D eigenvalue weighted by atomic mass is 10.1. The summed E-state index contributed by atoms with van der Waals surface area (Å²) >= 11 is 1.69. The Hall–Kier alpha value is -2.15. The maximum Gasteiger partial charge on any atom is 0.244 e. The number of nitrogens with zero attached hydrogens (tertiary/aromatic N) is 3. The summed E-state index contributed by atoms with van der Waals surface area (Å²) in [5, 5.41) is 5.02. The molecule has 0 fully saturated rings. The standard InChI is InChI=1S/C17H22N4O2S/c1-12(2)17(23)20-9-13-8-18-11-21(13)15(10-20)16(22)19-6-5-14-4-3-7-24-14/h3-4,7-8,11-12,15H,5-6,9-10H2,1-2H3,(H,19,22). The van der Waals surface area contributed by atoms with E-state index in [1.807, 2.05) is 29.9 Å². The second-order valence-electron chi connectivity index (χ2n) is 6.30. The fourth-order valence-electron chi connectivity index (χ4n) is 2.92. The monoisotopic (exact) mass is 346 g/mol. The first-order valence-electron chi connectivity index (χ1n) is 8.16. The minimum absolute atomic E-state index is 0.0629. The molecule has 1 aliphatic rings. The Morgan fingerprint density at radius 3 is 3.00 bits per heavy atom. The van der Waals surface area contributed by atoms with Gasteiger partial charge < -0.3 is 14.8 Å². The second kappa shape index (κ2) is 7.17. The van der Waals surface area contributed by atoms with Crippen molar-refractivity contribution in [1.82, 2.24) is 19.8 Å². The van der Waals surface area contributed by atoms with Crippen LogP contribution in [0.5, 0.6) is 0 Å². The zero-order valence-electron chi connectivity index (χ0n) is 13.9. The predicted octanol–water partition coefficient (Wildman–Crippen LogP) is 1.84. The van der Waals surface area contributed by atoms with Gasteiger partial charge in [-0.25, -0.2) is 4.98 Å². The van der Waals surface area contributed by atoms with E-state index in [1.54, 1.807) is 28.8 Å². The first-order valence-corrected chi connectivity index (χ1v) is 9.04.